The lowest BCUT2D eigenvalue weighted by molar-refractivity contribution is 0.321. The Labute approximate surface area is 85.9 Å². The van der Waals surface area contributed by atoms with Crippen molar-refractivity contribution in [2.24, 2.45) is 5.16 Å². The lowest BCUT2D eigenvalue weighted by Crippen LogP contribution is -1.89. The molecular formula is C7H9NO6S. The van der Waals surface area contributed by atoms with Crippen LogP contribution >= 0.6 is 0 Å². The summed E-state index contributed by atoms with van der Waals surface area (Å²) in [5.41, 5.74) is 0.505. The van der Waals surface area contributed by atoms with Crippen molar-refractivity contribution in [3.8, 4) is 5.75 Å². The van der Waals surface area contributed by atoms with E-state index < -0.39 is 10.4 Å². The monoisotopic (exact) mass is 235 g/mol. The summed E-state index contributed by atoms with van der Waals surface area (Å²) in [7, 11) is -4.67. The van der Waals surface area contributed by atoms with Gasteiger partial charge in [-0.25, -0.2) is 0 Å². The van der Waals surface area contributed by atoms with E-state index in [0.717, 1.165) is 0 Å². The first-order chi connectivity index (χ1) is 6.84. The molecule has 0 aromatic heterocycles. The molecule has 0 spiro atoms. The summed E-state index contributed by atoms with van der Waals surface area (Å²) in [5, 5.41) is 19.9. The number of nitrogens with zero attached hydrogens (tertiary/aromatic N) is 1. The molecule has 15 heavy (non-hydrogen) atoms. The van der Waals surface area contributed by atoms with E-state index in [1.165, 1.54) is 12.3 Å². The number of oxime groups is 1. The molecule has 0 aliphatic carbocycles. The molecule has 0 saturated heterocycles. The van der Waals surface area contributed by atoms with Gasteiger partial charge in [-0.05, 0) is 12.1 Å². The molecule has 0 amide bonds. The third-order valence-corrected chi connectivity index (χ3v) is 1.13. The molecule has 0 unspecified atom stereocenters. The predicted octanol–water partition coefficient (Wildman–Crippen LogP) is 0.547. The lowest BCUT2D eigenvalue weighted by Gasteiger charge is -1.93. The van der Waals surface area contributed by atoms with Crippen LogP contribution < -0.4 is 0 Å². The molecule has 0 radical (unpaired) electrons. The molecule has 0 aliphatic heterocycles. The number of phenolic OH excluding ortho intramolecular Hbond substituents is 1. The van der Waals surface area contributed by atoms with Crippen molar-refractivity contribution in [2.75, 3.05) is 0 Å². The molecule has 0 fully saturated rings. The van der Waals surface area contributed by atoms with Crippen molar-refractivity contribution in [1.82, 2.24) is 0 Å². The number of para-hydroxylation sites is 1. The highest BCUT2D eigenvalue weighted by atomic mass is 32.3. The van der Waals surface area contributed by atoms with Gasteiger partial charge < -0.3 is 10.3 Å². The summed E-state index contributed by atoms with van der Waals surface area (Å²) in [6, 6.07) is 6.62. The fourth-order valence-corrected chi connectivity index (χ4v) is 0.659. The van der Waals surface area contributed by atoms with Gasteiger partial charge in [0.2, 0.25) is 0 Å². The maximum absolute atomic E-state index is 9.04. The van der Waals surface area contributed by atoms with E-state index in [4.69, 9.17) is 27.8 Å². The van der Waals surface area contributed by atoms with Crippen LogP contribution in [0, 0.1) is 0 Å². The zero-order valence-corrected chi connectivity index (χ0v) is 8.16. The highest BCUT2D eigenvalue weighted by molar-refractivity contribution is 7.79. The van der Waals surface area contributed by atoms with Gasteiger partial charge in [0, 0.05) is 5.56 Å². The van der Waals surface area contributed by atoms with Crippen molar-refractivity contribution in [2.45, 2.75) is 0 Å². The minimum Gasteiger partial charge on any atom is -0.507 e. The van der Waals surface area contributed by atoms with E-state index in [1.807, 2.05) is 0 Å². The summed E-state index contributed by atoms with van der Waals surface area (Å²) < 4.78 is 31.6. The van der Waals surface area contributed by atoms with Crippen molar-refractivity contribution in [1.29, 1.82) is 0 Å². The Morgan fingerprint density at radius 3 is 2.07 bits per heavy atom. The van der Waals surface area contributed by atoms with Crippen LogP contribution in [0.2, 0.25) is 0 Å². The predicted molar refractivity (Wildman–Crippen MR) is 51.7 cm³/mol. The largest absolute Gasteiger partial charge is 0.507 e. The second-order valence-electron chi connectivity index (χ2n) is 2.25. The van der Waals surface area contributed by atoms with Crippen LogP contribution in [0.3, 0.4) is 0 Å². The molecule has 0 saturated carbocycles. The van der Waals surface area contributed by atoms with E-state index in [0.29, 0.717) is 5.56 Å². The van der Waals surface area contributed by atoms with E-state index in [-0.39, 0.29) is 5.75 Å². The summed E-state index contributed by atoms with van der Waals surface area (Å²) in [4.78, 5) is 0. The average molecular weight is 235 g/mol. The Morgan fingerprint density at radius 2 is 1.67 bits per heavy atom. The maximum Gasteiger partial charge on any atom is 0.394 e. The summed E-state index contributed by atoms with van der Waals surface area (Å²) in [6.45, 7) is 0. The average Bonchev–Trinajstić information content (AvgIpc) is 2.06. The first-order valence-electron chi connectivity index (χ1n) is 3.50. The molecule has 1 rings (SSSR count). The lowest BCUT2D eigenvalue weighted by atomic mass is 10.2. The van der Waals surface area contributed by atoms with Gasteiger partial charge in [-0.3, -0.25) is 9.11 Å². The van der Waals surface area contributed by atoms with Gasteiger partial charge in [0.25, 0.3) is 0 Å². The zero-order chi connectivity index (χ0) is 11.9. The number of hydrogen-bond acceptors (Lipinski definition) is 5. The first kappa shape index (κ1) is 13.4. The molecule has 4 N–H and O–H groups in total. The Balaban J connectivity index is 0.000000336. The second-order valence-corrected chi connectivity index (χ2v) is 3.15. The van der Waals surface area contributed by atoms with Crippen molar-refractivity contribution in [3.63, 3.8) is 0 Å². The van der Waals surface area contributed by atoms with Gasteiger partial charge >= 0.3 is 10.4 Å². The number of rotatable bonds is 1. The third-order valence-electron chi connectivity index (χ3n) is 1.13. The molecular weight excluding hydrogens is 226 g/mol. The minimum atomic E-state index is -4.67. The third kappa shape index (κ3) is 8.68. The van der Waals surface area contributed by atoms with Crippen LogP contribution in [0.4, 0.5) is 0 Å². The van der Waals surface area contributed by atoms with Gasteiger partial charge in [0.15, 0.2) is 0 Å². The van der Waals surface area contributed by atoms with Crippen molar-refractivity contribution < 1.29 is 27.8 Å². The normalized spacial score (nSPS) is 10.8. The standard InChI is InChI=1S/C7H7NO2.H2O4S/c9-7-4-2-1-3-6(7)5-8-10;1-5(2,3)4/h1-5,9-10H;(H2,1,2,3,4). The molecule has 7 nitrogen and oxygen atoms in total. The van der Waals surface area contributed by atoms with Gasteiger partial charge in [0.1, 0.15) is 5.75 Å². The Bertz CT molecular complexity index is 419. The van der Waals surface area contributed by atoms with Crippen LogP contribution in [-0.4, -0.2) is 34.1 Å². The van der Waals surface area contributed by atoms with E-state index in [1.54, 1.807) is 18.2 Å². The summed E-state index contributed by atoms with van der Waals surface area (Å²) in [6.07, 6.45) is 1.18. The SMILES string of the molecule is O=S(=O)(O)O.ON=Cc1ccccc1O. The van der Waals surface area contributed by atoms with Crippen LogP contribution in [-0.2, 0) is 10.4 Å². The van der Waals surface area contributed by atoms with Gasteiger partial charge in [-0.2, -0.15) is 8.42 Å². The highest BCUT2D eigenvalue weighted by Gasteiger charge is 1.92. The van der Waals surface area contributed by atoms with Crippen LogP contribution in [0.25, 0.3) is 0 Å². The smallest absolute Gasteiger partial charge is 0.394 e. The Hall–Kier alpha value is -1.64. The van der Waals surface area contributed by atoms with Crippen molar-refractivity contribution >= 4 is 16.6 Å². The molecule has 1 aromatic carbocycles. The van der Waals surface area contributed by atoms with E-state index in [2.05, 4.69) is 5.16 Å². The topological polar surface area (TPSA) is 127 Å². The second kappa shape index (κ2) is 5.96. The number of benzene rings is 1. The van der Waals surface area contributed by atoms with Gasteiger partial charge in [0.05, 0.1) is 6.21 Å². The molecule has 0 heterocycles. The first-order valence-corrected chi connectivity index (χ1v) is 4.89. The quantitative estimate of drug-likeness (QED) is 0.243. The minimum absolute atomic E-state index is 0.111. The fraction of sp³-hybridized carbons (Fsp3) is 0. The van der Waals surface area contributed by atoms with Crippen LogP contribution in [0.1, 0.15) is 5.56 Å². The Kier molecular flexibility index (Phi) is 5.31. The number of aromatic hydroxyl groups is 1. The van der Waals surface area contributed by atoms with E-state index >= 15 is 0 Å². The summed E-state index contributed by atoms with van der Waals surface area (Å²) in [5.74, 6) is 0.111. The molecule has 0 bridgehead atoms. The number of phenols is 1. The summed E-state index contributed by atoms with van der Waals surface area (Å²) >= 11 is 0. The zero-order valence-electron chi connectivity index (χ0n) is 7.35. The van der Waals surface area contributed by atoms with Gasteiger partial charge in [-0.15, -0.1) is 0 Å². The van der Waals surface area contributed by atoms with Gasteiger partial charge in [-0.1, -0.05) is 17.3 Å². The molecule has 1 aromatic rings. The Morgan fingerprint density at radius 1 is 1.20 bits per heavy atom. The van der Waals surface area contributed by atoms with E-state index in [9.17, 15) is 0 Å². The molecule has 0 aliphatic rings. The highest BCUT2D eigenvalue weighted by Crippen LogP contribution is 2.12. The molecule has 8 heteroatoms. The molecule has 84 valence electrons. The number of hydrogen-bond donors (Lipinski definition) is 4. The van der Waals surface area contributed by atoms with Crippen LogP contribution in [0.15, 0.2) is 29.4 Å². The molecule has 0 atom stereocenters. The fourth-order valence-electron chi connectivity index (χ4n) is 0.659. The maximum atomic E-state index is 9.04. The van der Waals surface area contributed by atoms with Crippen LogP contribution in [0.5, 0.6) is 5.75 Å². The van der Waals surface area contributed by atoms with Crippen molar-refractivity contribution in [3.05, 3.63) is 29.8 Å².